The zero-order valence-electron chi connectivity index (χ0n) is 11.9. The summed E-state index contributed by atoms with van der Waals surface area (Å²) in [6.45, 7) is 0. The molecule has 2 heterocycles. The number of anilines is 1. The quantitative estimate of drug-likeness (QED) is 0.774. The van der Waals surface area contributed by atoms with Crippen LogP contribution in [0.25, 0.3) is 5.57 Å². The van der Waals surface area contributed by atoms with E-state index in [9.17, 15) is 5.11 Å². The summed E-state index contributed by atoms with van der Waals surface area (Å²) in [5.41, 5.74) is 9.58. The Kier molecular flexibility index (Phi) is 2.75. The Labute approximate surface area is 127 Å². The maximum atomic E-state index is 9.80. The van der Waals surface area contributed by atoms with Gasteiger partial charge in [0, 0.05) is 18.0 Å². The van der Waals surface area contributed by atoms with Gasteiger partial charge in [-0.25, -0.2) is 15.0 Å². The number of allylic oxidation sites excluding steroid dienone is 1. The maximum absolute atomic E-state index is 9.80. The topological polar surface area (TPSA) is 84.9 Å². The monoisotopic (exact) mass is 290 g/mol. The summed E-state index contributed by atoms with van der Waals surface area (Å²) in [4.78, 5) is 12.6. The van der Waals surface area contributed by atoms with Crippen molar-refractivity contribution < 1.29 is 5.11 Å². The molecule has 5 nitrogen and oxygen atoms in total. The molecule has 0 radical (unpaired) electrons. The molecule has 5 heteroatoms. The lowest BCUT2D eigenvalue weighted by molar-refractivity contribution is 0.212. The van der Waals surface area contributed by atoms with Crippen LogP contribution in [0.5, 0.6) is 0 Å². The fraction of sp³-hybridized carbons (Fsp3) is 0.235. The first-order valence-electron chi connectivity index (χ1n) is 7.17. The van der Waals surface area contributed by atoms with E-state index in [4.69, 9.17) is 5.73 Å². The van der Waals surface area contributed by atoms with Gasteiger partial charge in [-0.05, 0) is 48.4 Å². The maximum Gasteiger partial charge on any atom is 0.220 e. The number of hydrogen-bond donors (Lipinski definition) is 2. The number of aromatic nitrogens is 3. The number of aliphatic hydroxyl groups is 1. The Morgan fingerprint density at radius 2 is 2.14 bits per heavy atom. The molecule has 3 N–H and O–H groups in total. The number of hydrogen-bond acceptors (Lipinski definition) is 5. The number of nitrogens with zero attached hydrogens (tertiary/aromatic N) is 3. The SMILES string of the molecule is Nc1nccc(C2=CCc3cnc(C#CC4(O)CC4)cc32)n1. The number of fused-ring (bicyclic) bond motifs is 1. The van der Waals surface area contributed by atoms with Crippen molar-refractivity contribution in [1.29, 1.82) is 0 Å². The Balaban J connectivity index is 1.71. The molecule has 4 rings (SSSR count). The number of nitrogens with two attached hydrogens (primary N) is 1. The van der Waals surface area contributed by atoms with Crippen LogP contribution >= 0.6 is 0 Å². The van der Waals surface area contributed by atoms with Crippen LogP contribution in [-0.4, -0.2) is 25.7 Å². The van der Waals surface area contributed by atoms with Crippen LogP contribution in [0.3, 0.4) is 0 Å². The lowest BCUT2D eigenvalue weighted by Gasteiger charge is -2.06. The summed E-state index contributed by atoms with van der Waals surface area (Å²) in [5.74, 6) is 6.11. The van der Waals surface area contributed by atoms with Crippen molar-refractivity contribution >= 4 is 11.5 Å². The minimum absolute atomic E-state index is 0.261. The van der Waals surface area contributed by atoms with E-state index in [-0.39, 0.29) is 5.95 Å². The summed E-state index contributed by atoms with van der Waals surface area (Å²) in [6.07, 6.45) is 7.91. The Morgan fingerprint density at radius 1 is 1.27 bits per heavy atom. The highest BCUT2D eigenvalue weighted by atomic mass is 16.3. The molecule has 108 valence electrons. The highest BCUT2D eigenvalue weighted by Gasteiger charge is 2.38. The van der Waals surface area contributed by atoms with Gasteiger partial charge < -0.3 is 10.8 Å². The Hall–Kier alpha value is -2.71. The molecule has 2 aliphatic carbocycles. The van der Waals surface area contributed by atoms with Crippen molar-refractivity contribution in [2.75, 3.05) is 5.73 Å². The molecule has 0 bridgehead atoms. The molecule has 0 spiro atoms. The number of pyridine rings is 1. The molecule has 0 aliphatic heterocycles. The fourth-order valence-corrected chi connectivity index (χ4v) is 2.48. The molecule has 2 aliphatic rings. The molecular formula is C17H14N4O. The fourth-order valence-electron chi connectivity index (χ4n) is 2.48. The van der Waals surface area contributed by atoms with Gasteiger partial charge in [0.1, 0.15) is 11.3 Å². The van der Waals surface area contributed by atoms with E-state index in [1.165, 1.54) is 0 Å². The first-order valence-corrected chi connectivity index (χ1v) is 7.17. The minimum atomic E-state index is -0.791. The van der Waals surface area contributed by atoms with E-state index < -0.39 is 5.60 Å². The molecule has 2 aromatic rings. The van der Waals surface area contributed by atoms with Gasteiger partial charge in [-0.2, -0.15) is 0 Å². The highest BCUT2D eigenvalue weighted by molar-refractivity contribution is 5.83. The molecule has 0 unspecified atom stereocenters. The second kappa shape index (κ2) is 4.65. The van der Waals surface area contributed by atoms with Gasteiger partial charge >= 0.3 is 0 Å². The van der Waals surface area contributed by atoms with Gasteiger partial charge in [0.2, 0.25) is 5.95 Å². The lowest BCUT2D eigenvalue weighted by Crippen LogP contribution is -2.01. The van der Waals surface area contributed by atoms with Crippen LogP contribution in [0, 0.1) is 11.8 Å². The van der Waals surface area contributed by atoms with Crippen molar-refractivity contribution in [2.45, 2.75) is 24.9 Å². The predicted octanol–water partition coefficient (Wildman–Crippen LogP) is 1.32. The molecule has 0 aromatic carbocycles. The first kappa shape index (κ1) is 13.0. The largest absolute Gasteiger partial charge is 0.378 e. The summed E-state index contributed by atoms with van der Waals surface area (Å²) in [7, 11) is 0. The molecule has 0 atom stereocenters. The molecule has 22 heavy (non-hydrogen) atoms. The first-order chi connectivity index (χ1) is 10.6. The number of rotatable bonds is 1. The van der Waals surface area contributed by atoms with Gasteiger partial charge in [-0.15, -0.1) is 0 Å². The zero-order valence-corrected chi connectivity index (χ0v) is 11.9. The van der Waals surface area contributed by atoms with Crippen molar-refractivity contribution in [3.8, 4) is 11.8 Å². The van der Waals surface area contributed by atoms with Crippen molar-refractivity contribution in [2.24, 2.45) is 0 Å². The van der Waals surface area contributed by atoms with Crippen LogP contribution in [0.1, 0.15) is 35.4 Å². The molecule has 0 amide bonds. The van der Waals surface area contributed by atoms with Crippen LogP contribution in [-0.2, 0) is 6.42 Å². The Bertz CT molecular complexity index is 856. The normalized spacial score (nSPS) is 17.2. The molecule has 1 fully saturated rings. The Morgan fingerprint density at radius 3 is 2.91 bits per heavy atom. The van der Waals surface area contributed by atoms with E-state index in [2.05, 4.69) is 32.9 Å². The number of nitrogen functional groups attached to an aromatic ring is 1. The zero-order chi connectivity index (χ0) is 15.2. The lowest BCUT2D eigenvalue weighted by atomic mass is 10.0. The van der Waals surface area contributed by atoms with Crippen LogP contribution in [0.15, 0.2) is 30.6 Å². The van der Waals surface area contributed by atoms with Gasteiger partial charge in [0.05, 0.1) is 5.69 Å². The average molecular weight is 290 g/mol. The van der Waals surface area contributed by atoms with Crippen LogP contribution in [0.2, 0.25) is 0 Å². The molecular weight excluding hydrogens is 276 g/mol. The third-order valence-electron chi connectivity index (χ3n) is 3.90. The van der Waals surface area contributed by atoms with Crippen molar-refractivity contribution in [3.63, 3.8) is 0 Å². The van der Waals surface area contributed by atoms with Crippen LogP contribution in [0.4, 0.5) is 5.95 Å². The van der Waals surface area contributed by atoms with Crippen molar-refractivity contribution in [1.82, 2.24) is 15.0 Å². The van der Waals surface area contributed by atoms with E-state index >= 15 is 0 Å². The van der Waals surface area contributed by atoms with E-state index in [0.717, 1.165) is 41.7 Å². The second-order valence-electron chi connectivity index (χ2n) is 5.63. The third-order valence-corrected chi connectivity index (χ3v) is 3.90. The molecule has 1 saturated carbocycles. The van der Waals surface area contributed by atoms with Gasteiger partial charge in [0.25, 0.3) is 0 Å². The highest BCUT2D eigenvalue weighted by Crippen LogP contribution is 2.34. The van der Waals surface area contributed by atoms with Gasteiger partial charge in [0.15, 0.2) is 0 Å². The standard InChI is InChI=1S/C17H14N4O/c18-16-19-8-4-15(21-16)13-2-1-11-10-20-12(9-14(11)13)3-5-17(22)6-7-17/h2,4,8-10,22H,1,6-7H2,(H2,18,19,21). The predicted molar refractivity (Wildman–Crippen MR) is 82.5 cm³/mol. The summed E-state index contributed by atoms with van der Waals surface area (Å²) in [5, 5.41) is 9.80. The summed E-state index contributed by atoms with van der Waals surface area (Å²) < 4.78 is 0. The second-order valence-corrected chi connectivity index (χ2v) is 5.63. The van der Waals surface area contributed by atoms with E-state index in [0.29, 0.717) is 5.69 Å². The average Bonchev–Trinajstić information content (AvgIpc) is 3.11. The molecule has 2 aromatic heterocycles. The van der Waals surface area contributed by atoms with Gasteiger partial charge in [-0.1, -0.05) is 12.0 Å². The molecule has 0 saturated heterocycles. The van der Waals surface area contributed by atoms with Gasteiger partial charge in [-0.3, -0.25) is 0 Å². The van der Waals surface area contributed by atoms with Crippen molar-refractivity contribution in [3.05, 3.63) is 53.1 Å². The summed E-state index contributed by atoms with van der Waals surface area (Å²) in [6, 6.07) is 3.79. The smallest absolute Gasteiger partial charge is 0.220 e. The van der Waals surface area contributed by atoms with Crippen LogP contribution < -0.4 is 5.73 Å². The summed E-state index contributed by atoms with van der Waals surface area (Å²) >= 11 is 0. The van der Waals surface area contributed by atoms with E-state index in [1.807, 2.05) is 18.3 Å². The minimum Gasteiger partial charge on any atom is -0.378 e. The van der Waals surface area contributed by atoms with E-state index in [1.54, 1.807) is 6.20 Å². The third kappa shape index (κ3) is 2.34.